The first-order chi connectivity index (χ1) is 14.6. The monoisotopic (exact) mass is 403 g/mol. The summed E-state index contributed by atoms with van der Waals surface area (Å²) in [5.74, 6) is -0.192. The predicted molar refractivity (Wildman–Crippen MR) is 113 cm³/mol. The number of hydrogen-bond donors (Lipinski definition) is 1. The molecular weight excluding hydrogens is 381 g/mol. The maximum absolute atomic E-state index is 13.9. The number of amides is 1. The van der Waals surface area contributed by atoms with Crippen LogP contribution in [0.3, 0.4) is 0 Å². The first-order valence-electron chi connectivity index (χ1n) is 9.85. The van der Waals surface area contributed by atoms with Crippen molar-refractivity contribution in [2.45, 2.75) is 19.8 Å². The lowest BCUT2D eigenvalue weighted by molar-refractivity contribution is 0.0926. The van der Waals surface area contributed by atoms with Gasteiger partial charge in [0.15, 0.2) is 5.76 Å². The molecule has 0 saturated heterocycles. The molecule has 0 bridgehead atoms. The molecular formula is C24H22FN3O2. The molecule has 0 aliphatic rings. The fraction of sp³-hybridized carbons (Fsp3) is 0.167. The van der Waals surface area contributed by atoms with Crippen molar-refractivity contribution < 1.29 is 13.6 Å². The van der Waals surface area contributed by atoms with E-state index in [1.165, 1.54) is 6.07 Å². The number of carbonyl (C=O) groups is 1. The largest absolute Gasteiger partial charge is 0.451 e. The van der Waals surface area contributed by atoms with Crippen LogP contribution < -0.4 is 5.32 Å². The number of nitrogens with one attached hydrogen (secondary N) is 1. The molecule has 2 aromatic carbocycles. The number of nitrogens with zero attached hydrogens (tertiary/aromatic N) is 2. The fourth-order valence-corrected chi connectivity index (χ4v) is 3.29. The summed E-state index contributed by atoms with van der Waals surface area (Å²) in [5, 5.41) is 7.42. The topological polar surface area (TPSA) is 60.1 Å². The summed E-state index contributed by atoms with van der Waals surface area (Å²) in [6, 6.07) is 19.4. The van der Waals surface area contributed by atoms with Crippen LogP contribution in [0.5, 0.6) is 0 Å². The lowest BCUT2D eigenvalue weighted by Crippen LogP contribution is -2.24. The Labute approximate surface area is 174 Å². The molecule has 0 saturated carbocycles. The van der Waals surface area contributed by atoms with Crippen molar-refractivity contribution >= 4 is 5.91 Å². The van der Waals surface area contributed by atoms with Crippen molar-refractivity contribution in [1.29, 1.82) is 0 Å². The quantitative estimate of drug-likeness (QED) is 0.445. The van der Waals surface area contributed by atoms with Crippen molar-refractivity contribution in [2.75, 3.05) is 6.54 Å². The first kappa shape index (κ1) is 19.6. The van der Waals surface area contributed by atoms with E-state index in [1.54, 1.807) is 30.3 Å². The Bertz CT molecular complexity index is 1150. The Kier molecular flexibility index (Phi) is 5.75. The zero-order chi connectivity index (χ0) is 20.9. The van der Waals surface area contributed by atoms with Crippen molar-refractivity contribution in [2.24, 2.45) is 0 Å². The van der Waals surface area contributed by atoms with Gasteiger partial charge in [0.05, 0.1) is 16.9 Å². The minimum absolute atomic E-state index is 0.168. The average molecular weight is 403 g/mol. The van der Waals surface area contributed by atoms with E-state index in [-0.39, 0.29) is 17.5 Å². The molecule has 4 aromatic rings. The van der Waals surface area contributed by atoms with E-state index in [4.69, 9.17) is 4.42 Å². The van der Waals surface area contributed by atoms with Crippen LogP contribution >= 0.6 is 0 Å². The number of benzene rings is 2. The summed E-state index contributed by atoms with van der Waals surface area (Å²) < 4.78 is 21.3. The van der Waals surface area contributed by atoms with Gasteiger partial charge in [-0.2, -0.15) is 5.10 Å². The van der Waals surface area contributed by atoms with Gasteiger partial charge in [0.25, 0.3) is 5.91 Å². The maximum atomic E-state index is 13.9. The third-order valence-electron chi connectivity index (χ3n) is 4.90. The van der Waals surface area contributed by atoms with Crippen LogP contribution in [0.1, 0.15) is 28.2 Å². The van der Waals surface area contributed by atoms with Crippen LogP contribution in [0.4, 0.5) is 4.39 Å². The number of hydrogen-bond acceptors (Lipinski definition) is 3. The highest BCUT2D eigenvalue weighted by atomic mass is 19.1. The zero-order valence-corrected chi connectivity index (χ0v) is 16.6. The molecule has 30 heavy (non-hydrogen) atoms. The molecule has 5 nitrogen and oxygen atoms in total. The van der Waals surface area contributed by atoms with Gasteiger partial charge in [-0.1, -0.05) is 30.3 Å². The number of aromatic nitrogens is 2. The van der Waals surface area contributed by atoms with E-state index in [2.05, 4.69) is 10.4 Å². The lowest BCUT2D eigenvalue weighted by Gasteiger charge is -2.03. The van der Waals surface area contributed by atoms with Crippen molar-refractivity contribution in [3.05, 3.63) is 95.8 Å². The van der Waals surface area contributed by atoms with Crippen molar-refractivity contribution in [3.8, 4) is 17.0 Å². The average Bonchev–Trinajstić information content (AvgIpc) is 3.39. The molecule has 152 valence electrons. The maximum Gasteiger partial charge on any atom is 0.287 e. The van der Waals surface area contributed by atoms with Crippen molar-refractivity contribution in [1.82, 2.24) is 15.1 Å². The van der Waals surface area contributed by atoms with E-state index in [0.29, 0.717) is 17.9 Å². The minimum Gasteiger partial charge on any atom is -0.451 e. The molecule has 2 heterocycles. The number of rotatable bonds is 7. The van der Waals surface area contributed by atoms with E-state index >= 15 is 0 Å². The predicted octanol–water partition coefficient (Wildman–Crippen LogP) is 4.94. The third-order valence-corrected chi connectivity index (χ3v) is 4.90. The molecule has 0 fully saturated rings. The van der Waals surface area contributed by atoms with Crippen LogP contribution in [0, 0.1) is 12.7 Å². The highest BCUT2D eigenvalue weighted by molar-refractivity contribution is 5.92. The van der Waals surface area contributed by atoms with E-state index in [1.807, 2.05) is 48.1 Å². The highest BCUT2D eigenvalue weighted by Crippen LogP contribution is 2.24. The number of aryl methyl sites for hydroxylation is 2. The Morgan fingerprint density at radius 1 is 1.07 bits per heavy atom. The smallest absolute Gasteiger partial charge is 0.287 e. The van der Waals surface area contributed by atoms with Gasteiger partial charge in [-0.3, -0.25) is 4.79 Å². The van der Waals surface area contributed by atoms with E-state index in [9.17, 15) is 9.18 Å². The van der Waals surface area contributed by atoms with Crippen LogP contribution in [-0.2, 0) is 6.42 Å². The molecule has 1 N–H and O–H groups in total. The van der Waals surface area contributed by atoms with Crippen LogP contribution in [0.15, 0.2) is 77.3 Å². The molecule has 0 aliphatic carbocycles. The Morgan fingerprint density at radius 3 is 2.63 bits per heavy atom. The van der Waals surface area contributed by atoms with Gasteiger partial charge in [0.1, 0.15) is 11.6 Å². The summed E-state index contributed by atoms with van der Waals surface area (Å²) in [6.07, 6.45) is 3.60. The summed E-state index contributed by atoms with van der Waals surface area (Å²) in [7, 11) is 0. The Morgan fingerprint density at radius 2 is 1.83 bits per heavy atom. The fourth-order valence-electron chi connectivity index (χ4n) is 3.29. The summed E-state index contributed by atoms with van der Waals surface area (Å²) >= 11 is 0. The van der Waals surface area contributed by atoms with E-state index in [0.717, 1.165) is 29.8 Å². The SMILES string of the molecule is Cc1nn(-c2ccccc2)cc1CCCNC(=O)c1ccc(-c2ccccc2F)o1. The molecule has 0 atom stereocenters. The van der Waals surface area contributed by atoms with E-state index < -0.39 is 0 Å². The van der Waals surface area contributed by atoms with Gasteiger partial charge in [-0.05, 0) is 61.7 Å². The van der Waals surface area contributed by atoms with Crippen molar-refractivity contribution in [3.63, 3.8) is 0 Å². The molecule has 6 heteroatoms. The number of carbonyl (C=O) groups excluding carboxylic acids is 1. The minimum atomic E-state index is -0.384. The molecule has 0 unspecified atom stereocenters. The first-order valence-corrected chi connectivity index (χ1v) is 9.85. The highest BCUT2D eigenvalue weighted by Gasteiger charge is 2.14. The number of furan rings is 1. The second-order valence-corrected chi connectivity index (χ2v) is 7.02. The standard InChI is InChI=1S/C24H22FN3O2/c1-17-18(16-28(27-17)19-9-3-2-4-10-19)8-7-15-26-24(29)23-14-13-22(30-23)20-11-5-6-12-21(20)25/h2-6,9-14,16H,7-8,15H2,1H3,(H,26,29). The van der Waals surface area contributed by atoms with Crippen LogP contribution in [-0.4, -0.2) is 22.2 Å². The van der Waals surface area contributed by atoms with Crippen LogP contribution in [0.2, 0.25) is 0 Å². The van der Waals surface area contributed by atoms with Crippen LogP contribution in [0.25, 0.3) is 17.0 Å². The van der Waals surface area contributed by atoms with Gasteiger partial charge in [0.2, 0.25) is 0 Å². The van der Waals surface area contributed by atoms with Gasteiger partial charge >= 0.3 is 0 Å². The number of halogens is 1. The normalized spacial score (nSPS) is 10.9. The molecule has 0 aliphatic heterocycles. The molecule has 1 amide bonds. The summed E-state index contributed by atoms with van der Waals surface area (Å²) in [4.78, 5) is 12.3. The molecule has 0 spiro atoms. The molecule has 0 radical (unpaired) electrons. The Hall–Kier alpha value is -3.67. The zero-order valence-electron chi connectivity index (χ0n) is 16.6. The van der Waals surface area contributed by atoms with Gasteiger partial charge in [0, 0.05) is 12.7 Å². The Balaban J connectivity index is 1.31. The molecule has 2 aromatic heterocycles. The van der Waals surface area contributed by atoms with Gasteiger partial charge in [-0.15, -0.1) is 0 Å². The molecule has 4 rings (SSSR count). The third kappa shape index (κ3) is 4.33. The second-order valence-electron chi connectivity index (χ2n) is 7.02. The number of para-hydroxylation sites is 1. The van der Waals surface area contributed by atoms with Gasteiger partial charge in [-0.25, -0.2) is 9.07 Å². The lowest BCUT2D eigenvalue weighted by atomic mass is 10.1. The summed E-state index contributed by atoms with van der Waals surface area (Å²) in [5.41, 5.74) is 3.48. The van der Waals surface area contributed by atoms with Gasteiger partial charge < -0.3 is 9.73 Å². The summed E-state index contributed by atoms with van der Waals surface area (Å²) in [6.45, 7) is 2.49. The second kappa shape index (κ2) is 8.78.